The highest BCUT2D eigenvalue weighted by Crippen LogP contribution is 2.30. The van der Waals surface area contributed by atoms with Crippen LogP contribution >= 0.6 is 22.9 Å². The third-order valence-electron chi connectivity index (χ3n) is 5.51. The lowest BCUT2D eigenvalue weighted by molar-refractivity contribution is -0.0167. The summed E-state index contributed by atoms with van der Waals surface area (Å²) in [6.07, 6.45) is 0.604. The number of aromatic carboxylic acids is 1. The Kier molecular flexibility index (Phi) is 9.65. The number of aromatic nitrogens is 3. The summed E-state index contributed by atoms with van der Waals surface area (Å²) in [6, 6.07) is -0.319. The Bertz CT molecular complexity index is 1090. The van der Waals surface area contributed by atoms with E-state index in [0.717, 1.165) is 11.3 Å². The van der Waals surface area contributed by atoms with E-state index in [1.165, 1.54) is 7.11 Å². The van der Waals surface area contributed by atoms with E-state index in [2.05, 4.69) is 25.6 Å². The number of thiazole rings is 1. The van der Waals surface area contributed by atoms with Crippen LogP contribution < -0.4 is 15.5 Å². The lowest BCUT2D eigenvalue weighted by Crippen LogP contribution is -2.56. The van der Waals surface area contributed by atoms with Gasteiger partial charge in [0.2, 0.25) is 0 Å². The molecule has 4 N–H and O–H groups in total. The number of hydrogen-bond acceptors (Lipinski definition) is 9. The minimum absolute atomic E-state index is 0.118. The monoisotopic (exact) mass is 542 g/mol. The molecule has 2 amide bonds. The predicted molar refractivity (Wildman–Crippen MR) is 134 cm³/mol. The first-order chi connectivity index (χ1) is 17.1. The second-order valence-corrected chi connectivity index (χ2v) is 9.81. The number of carboxylic acids is 1. The van der Waals surface area contributed by atoms with E-state index >= 15 is 0 Å². The lowest BCUT2D eigenvalue weighted by atomic mass is 10.0. The summed E-state index contributed by atoms with van der Waals surface area (Å²) in [4.78, 5) is 50.2. The van der Waals surface area contributed by atoms with Gasteiger partial charge in [0.15, 0.2) is 21.8 Å². The summed E-state index contributed by atoms with van der Waals surface area (Å²) in [5.41, 5.74) is 0.545. The SMILES string of the molecule is CCc1[nH]c(C(=O)N[C@@H]2CCN(c3nc(C(=O)NCCOC)c(C(=O)O)s3)C[C@@H]2OC(C)C)nc1Cl. The van der Waals surface area contributed by atoms with Gasteiger partial charge in [0, 0.05) is 26.7 Å². The highest BCUT2D eigenvalue weighted by molar-refractivity contribution is 7.17. The topological polar surface area (TPSA) is 159 Å². The number of amides is 2. The second-order valence-electron chi connectivity index (χ2n) is 8.47. The van der Waals surface area contributed by atoms with Gasteiger partial charge >= 0.3 is 5.97 Å². The van der Waals surface area contributed by atoms with E-state index in [4.69, 9.17) is 21.1 Å². The van der Waals surface area contributed by atoms with Crippen molar-refractivity contribution in [1.29, 1.82) is 0 Å². The third-order valence-corrected chi connectivity index (χ3v) is 6.92. The van der Waals surface area contributed by atoms with Gasteiger partial charge in [-0.05, 0) is 26.7 Å². The van der Waals surface area contributed by atoms with E-state index in [1.807, 2.05) is 25.7 Å². The number of anilines is 1. The molecule has 12 nitrogen and oxygen atoms in total. The Morgan fingerprint density at radius 2 is 2.06 bits per heavy atom. The molecule has 2 aromatic heterocycles. The van der Waals surface area contributed by atoms with Gasteiger partial charge in [-0.25, -0.2) is 14.8 Å². The molecular formula is C22H31ClN6O6S. The van der Waals surface area contributed by atoms with Crippen LogP contribution in [0.3, 0.4) is 0 Å². The van der Waals surface area contributed by atoms with E-state index < -0.39 is 18.0 Å². The molecule has 0 aromatic carbocycles. The smallest absolute Gasteiger partial charge is 0.348 e. The minimum Gasteiger partial charge on any atom is -0.477 e. The van der Waals surface area contributed by atoms with Gasteiger partial charge in [-0.15, -0.1) is 0 Å². The van der Waals surface area contributed by atoms with Crippen molar-refractivity contribution < 1.29 is 29.0 Å². The number of carbonyl (C=O) groups is 3. The van der Waals surface area contributed by atoms with Crippen molar-refractivity contribution in [1.82, 2.24) is 25.6 Å². The highest BCUT2D eigenvalue weighted by Gasteiger charge is 2.35. The lowest BCUT2D eigenvalue weighted by Gasteiger charge is -2.39. The molecule has 2 aromatic rings. The van der Waals surface area contributed by atoms with Crippen LogP contribution in [0.5, 0.6) is 0 Å². The van der Waals surface area contributed by atoms with E-state index in [9.17, 15) is 19.5 Å². The van der Waals surface area contributed by atoms with Gasteiger partial charge in [0.05, 0.1) is 30.6 Å². The van der Waals surface area contributed by atoms with Gasteiger partial charge in [-0.3, -0.25) is 9.59 Å². The summed E-state index contributed by atoms with van der Waals surface area (Å²) in [7, 11) is 1.50. The van der Waals surface area contributed by atoms with Gasteiger partial charge in [0.25, 0.3) is 11.8 Å². The largest absolute Gasteiger partial charge is 0.477 e. The molecule has 3 heterocycles. The van der Waals surface area contributed by atoms with Gasteiger partial charge in [0.1, 0.15) is 4.88 Å². The molecule has 14 heteroatoms. The summed E-state index contributed by atoms with van der Waals surface area (Å²) < 4.78 is 11.0. The Morgan fingerprint density at radius 3 is 2.67 bits per heavy atom. The summed E-state index contributed by atoms with van der Waals surface area (Å²) in [5.74, 6) is -2.05. The number of halogens is 1. The van der Waals surface area contributed by atoms with Crippen LogP contribution in [0, 0.1) is 0 Å². The second kappa shape index (κ2) is 12.5. The molecular weight excluding hydrogens is 512 g/mol. The molecule has 198 valence electrons. The molecule has 0 spiro atoms. The highest BCUT2D eigenvalue weighted by atomic mass is 35.5. The minimum atomic E-state index is -1.23. The van der Waals surface area contributed by atoms with Crippen LogP contribution in [0.4, 0.5) is 5.13 Å². The number of carboxylic acid groups (broad SMARTS) is 1. The van der Waals surface area contributed by atoms with E-state index in [0.29, 0.717) is 43.4 Å². The number of imidazole rings is 1. The molecule has 36 heavy (non-hydrogen) atoms. The van der Waals surface area contributed by atoms with Crippen molar-refractivity contribution in [2.24, 2.45) is 0 Å². The molecule has 0 unspecified atom stereocenters. The number of ether oxygens (including phenoxy) is 2. The number of carbonyl (C=O) groups excluding carboxylic acids is 2. The Hall–Kier alpha value is -2.74. The van der Waals surface area contributed by atoms with Crippen molar-refractivity contribution in [3.8, 4) is 0 Å². The van der Waals surface area contributed by atoms with Crippen LogP contribution in [-0.4, -0.2) is 89.4 Å². The fourth-order valence-electron chi connectivity index (χ4n) is 3.80. The fourth-order valence-corrected chi connectivity index (χ4v) is 5.00. The van der Waals surface area contributed by atoms with Crippen molar-refractivity contribution in [2.75, 3.05) is 38.3 Å². The number of hydrogen-bond donors (Lipinski definition) is 4. The number of rotatable bonds is 11. The molecule has 3 rings (SSSR count). The molecule has 0 radical (unpaired) electrons. The number of H-pyrrole nitrogens is 1. The number of aryl methyl sites for hydroxylation is 1. The third kappa shape index (κ3) is 6.72. The van der Waals surface area contributed by atoms with Crippen molar-refractivity contribution in [3.63, 3.8) is 0 Å². The number of piperidine rings is 1. The van der Waals surface area contributed by atoms with Crippen LogP contribution in [0.2, 0.25) is 5.15 Å². The zero-order chi connectivity index (χ0) is 26.4. The van der Waals surface area contributed by atoms with Crippen LogP contribution in [0.25, 0.3) is 0 Å². The first-order valence-corrected chi connectivity index (χ1v) is 12.8. The predicted octanol–water partition coefficient (Wildman–Crippen LogP) is 1.96. The molecule has 1 aliphatic rings. The summed E-state index contributed by atoms with van der Waals surface area (Å²) >= 11 is 7.01. The quantitative estimate of drug-likeness (QED) is 0.311. The number of methoxy groups -OCH3 is 1. The molecule has 1 fully saturated rings. The maximum atomic E-state index is 12.8. The Morgan fingerprint density at radius 1 is 1.31 bits per heavy atom. The standard InChI is InChI=1S/C22H31ClN6O6S/c1-5-12-17(23)28-18(25-12)20(31)26-13-6-8-29(10-14(13)35-11(2)3)22-27-15(16(36-22)21(32)33)19(30)24-7-9-34-4/h11,13-14H,5-10H2,1-4H3,(H,24,30)(H,25,28)(H,26,31)(H,32,33)/t13-,14+/m1/s1. The van der Waals surface area contributed by atoms with E-state index in [1.54, 1.807) is 0 Å². The fraction of sp³-hybridized carbons (Fsp3) is 0.591. The maximum Gasteiger partial charge on any atom is 0.348 e. The zero-order valence-electron chi connectivity index (χ0n) is 20.6. The molecule has 2 atom stereocenters. The van der Waals surface area contributed by atoms with Crippen LogP contribution in [-0.2, 0) is 15.9 Å². The van der Waals surface area contributed by atoms with Crippen LogP contribution in [0.15, 0.2) is 0 Å². The maximum absolute atomic E-state index is 12.8. The molecule has 0 bridgehead atoms. The van der Waals surface area contributed by atoms with Gasteiger partial charge in [-0.2, -0.15) is 0 Å². The Labute approximate surface area is 217 Å². The van der Waals surface area contributed by atoms with Crippen molar-refractivity contribution in [3.05, 3.63) is 27.2 Å². The van der Waals surface area contributed by atoms with Crippen LogP contribution in [0.1, 0.15) is 63.7 Å². The normalized spacial score (nSPS) is 17.9. The summed E-state index contributed by atoms with van der Waals surface area (Å²) in [5, 5.41) is 15.9. The molecule has 1 aliphatic heterocycles. The van der Waals surface area contributed by atoms with E-state index in [-0.39, 0.29) is 46.1 Å². The first kappa shape index (κ1) is 27.8. The number of nitrogens with zero attached hydrogens (tertiary/aromatic N) is 3. The molecule has 1 saturated heterocycles. The van der Waals surface area contributed by atoms with Crippen molar-refractivity contribution in [2.45, 2.75) is 51.9 Å². The van der Waals surface area contributed by atoms with Gasteiger partial charge in [-0.1, -0.05) is 29.9 Å². The summed E-state index contributed by atoms with van der Waals surface area (Å²) in [6.45, 7) is 7.04. The zero-order valence-corrected chi connectivity index (χ0v) is 22.2. The number of aromatic amines is 1. The molecule has 0 aliphatic carbocycles. The average molecular weight is 543 g/mol. The first-order valence-electron chi connectivity index (χ1n) is 11.6. The van der Waals surface area contributed by atoms with Crippen molar-refractivity contribution >= 4 is 45.9 Å². The van der Waals surface area contributed by atoms with Gasteiger partial charge < -0.3 is 35.1 Å². The number of nitrogens with one attached hydrogen (secondary N) is 3. The average Bonchev–Trinajstić information content (AvgIpc) is 3.44. The molecule has 0 saturated carbocycles. The Balaban J connectivity index is 1.76.